The Kier molecular flexibility index (Phi) is 5.39. The summed E-state index contributed by atoms with van der Waals surface area (Å²) in [4.78, 5) is 9.66. The largest absolute Gasteiger partial charge is 0.359 e. The zero-order chi connectivity index (χ0) is 18.6. The Labute approximate surface area is 161 Å². The number of hydrogen-bond acceptors (Lipinski definition) is 4. The highest BCUT2D eigenvalue weighted by Crippen LogP contribution is 2.23. The van der Waals surface area contributed by atoms with Crippen LogP contribution in [-0.4, -0.2) is 46.2 Å². The molecule has 1 fully saturated rings. The van der Waals surface area contributed by atoms with Gasteiger partial charge in [0.25, 0.3) is 0 Å². The molecule has 4 rings (SSSR count). The molecule has 5 nitrogen and oxygen atoms in total. The molecule has 142 valence electrons. The smallest absolute Gasteiger partial charge is 0.157 e. The minimum atomic E-state index is 0.687. The van der Waals surface area contributed by atoms with Crippen molar-refractivity contribution in [1.29, 1.82) is 0 Å². The summed E-state index contributed by atoms with van der Waals surface area (Å²) in [6.45, 7) is 6.65. The van der Waals surface area contributed by atoms with Gasteiger partial charge in [-0.15, -0.1) is 0 Å². The molecule has 0 amide bonds. The van der Waals surface area contributed by atoms with Crippen LogP contribution in [0.2, 0.25) is 0 Å². The minimum absolute atomic E-state index is 0.687. The van der Waals surface area contributed by atoms with E-state index in [0.717, 1.165) is 49.6 Å². The van der Waals surface area contributed by atoms with Gasteiger partial charge in [0.2, 0.25) is 0 Å². The van der Waals surface area contributed by atoms with Crippen molar-refractivity contribution in [3.63, 3.8) is 0 Å². The summed E-state index contributed by atoms with van der Waals surface area (Å²) in [5.74, 6) is 1.84. The SMILES string of the molecule is CCCc1cc(N(C)C[C@H]2CCN(Cc3ccccc3)C2)n2nccc2n1. The molecular formula is C22H29N5. The molecule has 5 heteroatoms. The van der Waals surface area contributed by atoms with Gasteiger partial charge >= 0.3 is 0 Å². The highest BCUT2D eigenvalue weighted by Gasteiger charge is 2.24. The molecular weight excluding hydrogens is 334 g/mol. The van der Waals surface area contributed by atoms with Crippen LogP contribution in [0.5, 0.6) is 0 Å². The normalized spacial score (nSPS) is 17.6. The second-order valence-electron chi connectivity index (χ2n) is 7.71. The topological polar surface area (TPSA) is 36.7 Å². The van der Waals surface area contributed by atoms with Gasteiger partial charge in [-0.25, -0.2) is 4.98 Å². The number of anilines is 1. The number of hydrogen-bond donors (Lipinski definition) is 0. The highest BCUT2D eigenvalue weighted by atomic mass is 15.3. The van der Waals surface area contributed by atoms with E-state index in [9.17, 15) is 0 Å². The van der Waals surface area contributed by atoms with Crippen LogP contribution in [0.25, 0.3) is 5.65 Å². The van der Waals surface area contributed by atoms with E-state index in [0.29, 0.717) is 5.92 Å². The molecule has 0 aliphatic carbocycles. The van der Waals surface area contributed by atoms with E-state index in [4.69, 9.17) is 4.98 Å². The van der Waals surface area contributed by atoms with Crippen LogP contribution in [0.4, 0.5) is 5.82 Å². The van der Waals surface area contributed by atoms with Crippen molar-refractivity contribution in [2.45, 2.75) is 32.7 Å². The second kappa shape index (κ2) is 8.09. The monoisotopic (exact) mass is 363 g/mol. The van der Waals surface area contributed by atoms with E-state index >= 15 is 0 Å². The van der Waals surface area contributed by atoms with Crippen LogP contribution in [0.1, 0.15) is 31.0 Å². The fourth-order valence-electron chi connectivity index (χ4n) is 4.13. The van der Waals surface area contributed by atoms with Crippen molar-refractivity contribution in [1.82, 2.24) is 19.5 Å². The standard InChI is InChI=1S/C22H29N5/c1-3-7-20-14-22(27-21(24-20)10-12-23-27)25(2)15-19-11-13-26(17-19)16-18-8-5-4-6-9-18/h4-6,8-10,12,14,19H,3,7,11,13,15-17H2,1-2H3/t19-/m1/s1. The van der Waals surface area contributed by atoms with Gasteiger partial charge in [-0.05, 0) is 30.9 Å². The van der Waals surface area contributed by atoms with Crippen molar-refractivity contribution in [2.24, 2.45) is 5.92 Å². The van der Waals surface area contributed by atoms with Gasteiger partial charge in [-0.2, -0.15) is 9.61 Å². The van der Waals surface area contributed by atoms with E-state index in [1.54, 1.807) is 0 Å². The molecule has 0 spiro atoms. The molecule has 0 saturated carbocycles. The summed E-state index contributed by atoms with van der Waals surface area (Å²) in [6.07, 6.45) is 5.22. The molecule has 1 atom stereocenters. The number of rotatable bonds is 7. The van der Waals surface area contributed by atoms with E-state index in [-0.39, 0.29) is 0 Å². The molecule has 1 aliphatic heterocycles. The molecule has 1 saturated heterocycles. The average Bonchev–Trinajstić information content (AvgIpc) is 3.31. The lowest BCUT2D eigenvalue weighted by atomic mass is 10.1. The molecule has 0 radical (unpaired) electrons. The van der Waals surface area contributed by atoms with Crippen LogP contribution >= 0.6 is 0 Å². The highest BCUT2D eigenvalue weighted by molar-refractivity contribution is 5.50. The minimum Gasteiger partial charge on any atom is -0.359 e. The number of likely N-dealkylation sites (tertiary alicyclic amines) is 1. The first kappa shape index (κ1) is 18.0. The average molecular weight is 364 g/mol. The van der Waals surface area contributed by atoms with E-state index in [1.807, 2.05) is 16.8 Å². The lowest BCUT2D eigenvalue weighted by Crippen LogP contribution is -2.29. The zero-order valence-corrected chi connectivity index (χ0v) is 16.4. The van der Waals surface area contributed by atoms with Crippen LogP contribution in [0.3, 0.4) is 0 Å². The maximum Gasteiger partial charge on any atom is 0.157 e. The zero-order valence-electron chi connectivity index (χ0n) is 16.4. The molecule has 2 aromatic heterocycles. The van der Waals surface area contributed by atoms with Gasteiger partial charge in [-0.3, -0.25) is 4.90 Å². The van der Waals surface area contributed by atoms with Crippen molar-refractivity contribution < 1.29 is 0 Å². The van der Waals surface area contributed by atoms with E-state index in [1.165, 1.54) is 18.5 Å². The Bertz CT molecular complexity index is 873. The first-order valence-electron chi connectivity index (χ1n) is 10.0. The van der Waals surface area contributed by atoms with Crippen molar-refractivity contribution in [3.05, 3.63) is 59.9 Å². The number of fused-ring (bicyclic) bond motifs is 1. The Balaban J connectivity index is 1.43. The number of aryl methyl sites for hydroxylation is 1. The van der Waals surface area contributed by atoms with Gasteiger partial charge in [-0.1, -0.05) is 43.7 Å². The first-order chi connectivity index (χ1) is 13.2. The number of nitrogens with zero attached hydrogens (tertiary/aromatic N) is 5. The van der Waals surface area contributed by atoms with E-state index in [2.05, 4.69) is 65.3 Å². The molecule has 1 aliphatic rings. The van der Waals surface area contributed by atoms with Crippen LogP contribution < -0.4 is 4.90 Å². The number of aromatic nitrogens is 3. The Morgan fingerprint density at radius 1 is 1.19 bits per heavy atom. The lowest BCUT2D eigenvalue weighted by Gasteiger charge is -2.24. The van der Waals surface area contributed by atoms with Gasteiger partial charge in [0.1, 0.15) is 5.82 Å². The molecule has 1 aromatic carbocycles. The van der Waals surface area contributed by atoms with Crippen LogP contribution in [0, 0.1) is 5.92 Å². The first-order valence-corrected chi connectivity index (χ1v) is 10.0. The quantitative estimate of drug-likeness (QED) is 0.642. The van der Waals surface area contributed by atoms with Gasteiger partial charge in [0, 0.05) is 44.5 Å². The molecule has 3 aromatic rings. The lowest BCUT2D eigenvalue weighted by molar-refractivity contribution is 0.317. The van der Waals surface area contributed by atoms with Crippen molar-refractivity contribution >= 4 is 11.5 Å². The Hall–Kier alpha value is -2.40. The fraction of sp³-hybridized carbons (Fsp3) is 0.455. The third-order valence-corrected chi connectivity index (χ3v) is 5.44. The molecule has 0 N–H and O–H groups in total. The summed E-state index contributed by atoms with van der Waals surface area (Å²) < 4.78 is 1.97. The molecule has 3 heterocycles. The summed E-state index contributed by atoms with van der Waals surface area (Å²) in [6, 6.07) is 15.0. The van der Waals surface area contributed by atoms with Crippen LogP contribution in [0.15, 0.2) is 48.7 Å². The molecule has 0 unspecified atom stereocenters. The third kappa shape index (κ3) is 4.14. The van der Waals surface area contributed by atoms with Gasteiger partial charge in [0.05, 0.1) is 6.20 Å². The molecule has 0 bridgehead atoms. The molecule has 27 heavy (non-hydrogen) atoms. The van der Waals surface area contributed by atoms with Crippen LogP contribution in [-0.2, 0) is 13.0 Å². The fourth-order valence-corrected chi connectivity index (χ4v) is 4.13. The van der Waals surface area contributed by atoms with E-state index < -0.39 is 0 Å². The summed E-state index contributed by atoms with van der Waals surface area (Å²) in [7, 11) is 2.19. The van der Waals surface area contributed by atoms with Gasteiger partial charge in [0.15, 0.2) is 5.65 Å². The summed E-state index contributed by atoms with van der Waals surface area (Å²) in [5, 5.41) is 4.49. The third-order valence-electron chi connectivity index (χ3n) is 5.44. The number of benzene rings is 1. The summed E-state index contributed by atoms with van der Waals surface area (Å²) in [5.41, 5.74) is 3.51. The Morgan fingerprint density at radius 2 is 2.04 bits per heavy atom. The summed E-state index contributed by atoms with van der Waals surface area (Å²) >= 11 is 0. The second-order valence-corrected chi connectivity index (χ2v) is 7.71. The van der Waals surface area contributed by atoms with Gasteiger partial charge < -0.3 is 4.90 Å². The maximum atomic E-state index is 4.72. The predicted molar refractivity (Wildman–Crippen MR) is 110 cm³/mol. The van der Waals surface area contributed by atoms with Crippen molar-refractivity contribution in [2.75, 3.05) is 31.6 Å². The predicted octanol–water partition coefficient (Wildman–Crippen LogP) is 3.64. The maximum absolute atomic E-state index is 4.72. The Morgan fingerprint density at radius 3 is 2.85 bits per heavy atom. The van der Waals surface area contributed by atoms with Crippen molar-refractivity contribution in [3.8, 4) is 0 Å².